The molecule has 0 atom stereocenters. The molecule has 2 aliphatic rings. The summed E-state index contributed by atoms with van der Waals surface area (Å²) in [4.78, 5) is 11.8. The van der Waals surface area contributed by atoms with Crippen LogP contribution < -0.4 is 20.9 Å². The van der Waals surface area contributed by atoms with E-state index >= 15 is 0 Å². The molecule has 0 bridgehead atoms. The van der Waals surface area contributed by atoms with Crippen LogP contribution in [0.1, 0.15) is 49.8 Å². The van der Waals surface area contributed by atoms with E-state index in [0.717, 1.165) is 50.3 Å². The van der Waals surface area contributed by atoms with Gasteiger partial charge in [-0.3, -0.25) is 0 Å². The molecule has 1 aromatic heterocycles. The monoisotopic (exact) mass is 476 g/mol. The van der Waals surface area contributed by atoms with Gasteiger partial charge in [0, 0.05) is 37.4 Å². The van der Waals surface area contributed by atoms with Gasteiger partial charge in [-0.1, -0.05) is 11.6 Å². The lowest BCUT2D eigenvalue weighted by atomic mass is 9.91. The fraction of sp³-hybridized carbons (Fsp3) is 0.522. The molecule has 3 N–H and O–H groups in total. The third-order valence-corrected chi connectivity index (χ3v) is 6.67. The Morgan fingerprint density at radius 3 is 2.53 bits per heavy atom. The van der Waals surface area contributed by atoms with Gasteiger partial charge in [0.1, 0.15) is 11.6 Å². The number of thiocarbonyl (C=S) groups is 1. The van der Waals surface area contributed by atoms with E-state index in [9.17, 15) is 4.39 Å². The summed E-state index contributed by atoms with van der Waals surface area (Å²) in [5, 5.41) is 10.6. The van der Waals surface area contributed by atoms with Crippen molar-refractivity contribution in [1.29, 1.82) is 0 Å². The van der Waals surface area contributed by atoms with Crippen LogP contribution >= 0.6 is 23.8 Å². The topological polar surface area (TPSA) is 65.1 Å². The molecule has 2 aliphatic carbocycles. The highest BCUT2D eigenvalue weighted by molar-refractivity contribution is 7.80. The van der Waals surface area contributed by atoms with Gasteiger partial charge in [0.2, 0.25) is 5.95 Å². The maximum Gasteiger partial charge on any atom is 0.225 e. The van der Waals surface area contributed by atoms with Gasteiger partial charge in [-0.15, -0.1) is 0 Å². The van der Waals surface area contributed by atoms with Gasteiger partial charge in [0.05, 0.1) is 10.7 Å². The van der Waals surface area contributed by atoms with E-state index in [0.29, 0.717) is 22.9 Å². The zero-order valence-corrected chi connectivity index (χ0v) is 20.1. The van der Waals surface area contributed by atoms with Crippen molar-refractivity contribution in [3.8, 4) is 0 Å². The van der Waals surface area contributed by atoms with Gasteiger partial charge in [0.15, 0.2) is 5.11 Å². The molecule has 9 heteroatoms. The number of hydrogen-bond donors (Lipinski definition) is 3. The molecule has 1 heterocycles. The van der Waals surface area contributed by atoms with Crippen LogP contribution in [0.2, 0.25) is 5.02 Å². The predicted molar refractivity (Wildman–Crippen MR) is 133 cm³/mol. The number of fused-ring (bicyclic) bond motifs is 1. The van der Waals surface area contributed by atoms with Crippen LogP contribution in [0.4, 0.5) is 21.8 Å². The van der Waals surface area contributed by atoms with Crippen LogP contribution in [0.15, 0.2) is 18.2 Å². The molecular formula is C23H30ClFN6S. The van der Waals surface area contributed by atoms with E-state index < -0.39 is 5.82 Å². The van der Waals surface area contributed by atoms with Crippen LogP contribution in [0.25, 0.3) is 0 Å². The number of aromatic nitrogens is 2. The zero-order valence-electron chi connectivity index (χ0n) is 18.5. The highest BCUT2D eigenvalue weighted by atomic mass is 35.5. The Labute approximate surface area is 199 Å². The minimum absolute atomic E-state index is 0.0752. The third-order valence-electron chi connectivity index (χ3n) is 6.16. The van der Waals surface area contributed by atoms with Crippen molar-refractivity contribution in [3.05, 3.63) is 40.3 Å². The second kappa shape index (κ2) is 10.2. The first-order valence-electron chi connectivity index (χ1n) is 11.3. The minimum Gasteiger partial charge on any atom is -0.362 e. The number of hydrogen-bond acceptors (Lipinski definition) is 5. The summed E-state index contributed by atoms with van der Waals surface area (Å²) in [6.07, 6.45) is 8.54. The van der Waals surface area contributed by atoms with Gasteiger partial charge in [-0.2, -0.15) is 4.98 Å². The highest BCUT2D eigenvalue weighted by Gasteiger charge is 2.24. The number of rotatable bonds is 5. The molecule has 0 spiro atoms. The first-order chi connectivity index (χ1) is 15.4. The Bertz CT molecular complexity index is 977. The standard InChI is InChI=1S/C23H30ClFN6S/c1-31(2)21-17-5-3-4-6-20(17)29-22(30-21)26-14-7-9-15(10-8-14)27-23(32)28-16-11-12-19(25)18(24)13-16/h11-15H,3-10H2,1-2H3,(H,26,29,30)(H2,27,28,32). The lowest BCUT2D eigenvalue weighted by molar-refractivity contribution is 0.387. The average Bonchev–Trinajstić information content (AvgIpc) is 2.77. The molecule has 4 rings (SSSR count). The van der Waals surface area contributed by atoms with E-state index in [4.69, 9.17) is 33.8 Å². The van der Waals surface area contributed by atoms with E-state index in [1.54, 1.807) is 6.07 Å². The van der Waals surface area contributed by atoms with Gasteiger partial charge < -0.3 is 20.9 Å². The van der Waals surface area contributed by atoms with Crippen molar-refractivity contribution in [3.63, 3.8) is 0 Å². The molecule has 0 amide bonds. The van der Waals surface area contributed by atoms with Crippen LogP contribution in [-0.4, -0.2) is 41.3 Å². The van der Waals surface area contributed by atoms with Crippen molar-refractivity contribution >= 4 is 46.4 Å². The van der Waals surface area contributed by atoms with Gasteiger partial charge >= 0.3 is 0 Å². The molecule has 1 aromatic carbocycles. The maximum absolute atomic E-state index is 13.3. The van der Waals surface area contributed by atoms with Crippen molar-refractivity contribution in [2.45, 2.75) is 63.5 Å². The summed E-state index contributed by atoms with van der Waals surface area (Å²) in [6.45, 7) is 0. The van der Waals surface area contributed by atoms with Gasteiger partial charge in [0.25, 0.3) is 0 Å². The maximum atomic E-state index is 13.3. The Balaban J connectivity index is 1.30. The minimum atomic E-state index is -0.442. The lowest BCUT2D eigenvalue weighted by Gasteiger charge is -2.31. The molecule has 0 unspecified atom stereocenters. The summed E-state index contributed by atoms with van der Waals surface area (Å²) < 4.78 is 13.3. The third kappa shape index (κ3) is 5.59. The fourth-order valence-corrected chi connectivity index (χ4v) is 4.96. The van der Waals surface area contributed by atoms with Crippen LogP contribution in [0.3, 0.4) is 0 Å². The first kappa shape index (κ1) is 23.0. The second-order valence-electron chi connectivity index (χ2n) is 8.82. The molecule has 32 heavy (non-hydrogen) atoms. The van der Waals surface area contributed by atoms with E-state index in [2.05, 4.69) is 34.9 Å². The van der Waals surface area contributed by atoms with Crippen LogP contribution in [0, 0.1) is 5.82 Å². The summed E-state index contributed by atoms with van der Waals surface area (Å²) in [7, 11) is 4.10. The Kier molecular flexibility index (Phi) is 7.30. The summed E-state index contributed by atoms with van der Waals surface area (Å²) in [5.74, 6) is 1.35. The number of aryl methyl sites for hydroxylation is 1. The molecule has 2 aromatic rings. The van der Waals surface area contributed by atoms with Crippen molar-refractivity contribution in [1.82, 2.24) is 15.3 Å². The van der Waals surface area contributed by atoms with Crippen molar-refractivity contribution in [2.75, 3.05) is 29.6 Å². The lowest BCUT2D eigenvalue weighted by Crippen LogP contribution is -2.42. The molecule has 1 fully saturated rings. The van der Waals surface area contributed by atoms with Crippen molar-refractivity contribution in [2.24, 2.45) is 0 Å². The summed E-state index contributed by atoms with van der Waals surface area (Å²) in [5.41, 5.74) is 3.18. The highest BCUT2D eigenvalue weighted by Crippen LogP contribution is 2.29. The quantitative estimate of drug-likeness (QED) is 0.529. The Morgan fingerprint density at radius 1 is 1.09 bits per heavy atom. The molecular weight excluding hydrogens is 447 g/mol. The molecule has 6 nitrogen and oxygen atoms in total. The predicted octanol–water partition coefficient (Wildman–Crippen LogP) is 4.92. The Hall–Kier alpha value is -2.19. The molecule has 172 valence electrons. The van der Waals surface area contributed by atoms with Crippen LogP contribution in [0.5, 0.6) is 0 Å². The number of nitrogens with one attached hydrogen (secondary N) is 3. The number of anilines is 3. The molecule has 1 saturated carbocycles. The zero-order chi connectivity index (χ0) is 22.7. The number of halogens is 2. The SMILES string of the molecule is CN(C)c1nc(NC2CCC(NC(=S)Nc3ccc(F)c(Cl)c3)CC2)nc2c1CCCC2. The molecule has 0 aliphatic heterocycles. The molecule has 0 radical (unpaired) electrons. The van der Waals surface area contributed by atoms with Crippen molar-refractivity contribution < 1.29 is 4.39 Å². The van der Waals surface area contributed by atoms with E-state index in [-0.39, 0.29) is 5.02 Å². The molecule has 0 saturated heterocycles. The second-order valence-corrected chi connectivity index (χ2v) is 9.63. The number of benzene rings is 1. The van der Waals surface area contributed by atoms with Gasteiger partial charge in [-0.05, 0) is 81.8 Å². The largest absolute Gasteiger partial charge is 0.362 e. The number of nitrogens with zero attached hydrogens (tertiary/aromatic N) is 3. The first-order valence-corrected chi connectivity index (χ1v) is 12.0. The van der Waals surface area contributed by atoms with Crippen LogP contribution in [-0.2, 0) is 12.8 Å². The average molecular weight is 477 g/mol. The van der Waals surface area contributed by atoms with E-state index in [1.165, 1.54) is 36.2 Å². The Morgan fingerprint density at radius 2 is 1.81 bits per heavy atom. The van der Waals surface area contributed by atoms with E-state index in [1.807, 2.05) is 0 Å². The van der Waals surface area contributed by atoms with Gasteiger partial charge in [-0.25, -0.2) is 9.37 Å². The summed E-state index contributed by atoms with van der Waals surface area (Å²) >= 11 is 11.3. The smallest absolute Gasteiger partial charge is 0.225 e. The summed E-state index contributed by atoms with van der Waals surface area (Å²) in [6, 6.07) is 5.13. The fourth-order valence-electron chi connectivity index (χ4n) is 4.50. The normalized spacial score (nSPS) is 20.2.